The predicted octanol–water partition coefficient (Wildman–Crippen LogP) is 4.79. The van der Waals surface area contributed by atoms with Crippen molar-refractivity contribution in [2.24, 2.45) is 0 Å². The maximum atomic E-state index is 12.9. The largest absolute Gasteiger partial charge is 0.482 e. The summed E-state index contributed by atoms with van der Waals surface area (Å²) >= 11 is 5.83. The number of alkyl halides is 3. The highest BCUT2D eigenvalue weighted by molar-refractivity contribution is 6.29. The summed E-state index contributed by atoms with van der Waals surface area (Å²) in [5, 5.41) is 0.117. The van der Waals surface area contributed by atoms with Crippen LogP contribution in [-0.4, -0.2) is 17.8 Å². The van der Waals surface area contributed by atoms with Crippen LogP contribution < -0.4 is 4.74 Å². The fraction of sp³-hybridized carbons (Fsp3) is 0.214. The van der Waals surface area contributed by atoms with Gasteiger partial charge in [-0.2, -0.15) is 13.2 Å². The van der Waals surface area contributed by atoms with Crippen LogP contribution >= 0.6 is 11.6 Å². The molecule has 2 nitrogen and oxygen atoms in total. The van der Waals surface area contributed by atoms with Crippen LogP contribution in [0.15, 0.2) is 30.3 Å². The van der Waals surface area contributed by atoms with E-state index in [-0.39, 0.29) is 16.6 Å². The van der Waals surface area contributed by atoms with Crippen LogP contribution in [0.25, 0.3) is 11.3 Å². The second-order valence-corrected chi connectivity index (χ2v) is 4.74. The quantitative estimate of drug-likeness (QED) is 0.599. The van der Waals surface area contributed by atoms with Gasteiger partial charge in [0.1, 0.15) is 22.4 Å². The van der Waals surface area contributed by atoms with E-state index in [0.717, 1.165) is 0 Å². The molecule has 0 spiro atoms. The van der Waals surface area contributed by atoms with Crippen molar-refractivity contribution in [3.05, 3.63) is 46.9 Å². The SMILES string of the molecule is Cc1cc(Cl)nc(-c2ccc(F)cc2)c1OCC(F)(F)F. The van der Waals surface area contributed by atoms with Crippen molar-refractivity contribution in [3.8, 4) is 17.0 Å². The Morgan fingerprint density at radius 1 is 1.19 bits per heavy atom. The van der Waals surface area contributed by atoms with Gasteiger partial charge in [-0.1, -0.05) is 11.6 Å². The average molecular weight is 320 g/mol. The molecule has 0 saturated carbocycles. The van der Waals surface area contributed by atoms with Crippen molar-refractivity contribution in [1.29, 1.82) is 0 Å². The molecule has 0 bridgehead atoms. The first-order valence-corrected chi connectivity index (χ1v) is 6.27. The molecule has 0 fully saturated rings. The lowest BCUT2D eigenvalue weighted by molar-refractivity contribution is -0.153. The first-order valence-electron chi connectivity index (χ1n) is 5.89. The fourth-order valence-electron chi connectivity index (χ4n) is 1.76. The molecule has 112 valence electrons. The number of hydrogen-bond acceptors (Lipinski definition) is 2. The van der Waals surface area contributed by atoms with E-state index in [1.807, 2.05) is 0 Å². The number of aryl methyl sites for hydroxylation is 1. The minimum absolute atomic E-state index is 0.0247. The maximum absolute atomic E-state index is 12.9. The van der Waals surface area contributed by atoms with Gasteiger partial charge in [0.25, 0.3) is 0 Å². The summed E-state index contributed by atoms with van der Waals surface area (Å²) in [6, 6.07) is 6.56. The topological polar surface area (TPSA) is 22.1 Å². The molecule has 0 radical (unpaired) electrons. The number of hydrogen-bond donors (Lipinski definition) is 0. The van der Waals surface area contributed by atoms with Crippen LogP contribution in [0.5, 0.6) is 5.75 Å². The summed E-state index contributed by atoms with van der Waals surface area (Å²) < 4.78 is 54.7. The Balaban J connectivity index is 2.45. The first-order chi connectivity index (χ1) is 9.76. The zero-order valence-corrected chi connectivity index (χ0v) is 11.6. The lowest BCUT2D eigenvalue weighted by Crippen LogP contribution is -2.20. The van der Waals surface area contributed by atoms with Gasteiger partial charge in [0, 0.05) is 5.56 Å². The lowest BCUT2D eigenvalue weighted by Gasteiger charge is -2.15. The molecule has 2 rings (SSSR count). The number of rotatable bonds is 3. The molecule has 0 aliphatic rings. The Hall–Kier alpha value is -1.82. The normalized spacial score (nSPS) is 11.5. The molecular weight excluding hydrogens is 310 g/mol. The molecule has 0 aliphatic heterocycles. The summed E-state index contributed by atoms with van der Waals surface area (Å²) in [7, 11) is 0. The molecule has 21 heavy (non-hydrogen) atoms. The molecule has 0 unspecified atom stereocenters. The summed E-state index contributed by atoms with van der Waals surface area (Å²) in [5.74, 6) is -0.487. The molecule has 0 aliphatic carbocycles. The average Bonchev–Trinajstić information content (AvgIpc) is 2.36. The van der Waals surface area contributed by atoms with Gasteiger partial charge in [0.05, 0.1) is 0 Å². The zero-order chi connectivity index (χ0) is 15.6. The highest BCUT2D eigenvalue weighted by Crippen LogP contribution is 2.34. The van der Waals surface area contributed by atoms with Crippen LogP contribution in [0.2, 0.25) is 5.15 Å². The number of nitrogens with zero attached hydrogens (tertiary/aromatic N) is 1. The van der Waals surface area contributed by atoms with Gasteiger partial charge in [0.15, 0.2) is 6.61 Å². The van der Waals surface area contributed by atoms with E-state index in [9.17, 15) is 17.6 Å². The molecule has 1 aromatic carbocycles. The number of halogens is 5. The number of pyridine rings is 1. The molecule has 1 aromatic heterocycles. The van der Waals surface area contributed by atoms with Crippen molar-refractivity contribution in [1.82, 2.24) is 4.98 Å². The van der Waals surface area contributed by atoms with Crippen molar-refractivity contribution in [2.75, 3.05) is 6.61 Å². The predicted molar refractivity (Wildman–Crippen MR) is 70.9 cm³/mol. The second kappa shape index (κ2) is 5.89. The van der Waals surface area contributed by atoms with Crippen LogP contribution in [0.1, 0.15) is 5.56 Å². The number of benzene rings is 1. The van der Waals surface area contributed by atoms with Crippen molar-refractivity contribution in [2.45, 2.75) is 13.1 Å². The summed E-state index contributed by atoms with van der Waals surface area (Å²) in [6.07, 6.45) is -4.47. The molecule has 0 saturated heterocycles. The monoisotopic (exact) mass is 319 g/mol. The molecule has 0 N–H and O–H groups in total. The molecule has 0 atom stereocenters. The van der Waals surface area contributed by atoms with E-state index in [0.29, 0.717) is 11.1 Å². The Bertz CT molecular complexity index is 641. The third kappa shape index (κ3) is 4.07. The van der Waals surface area contributed by atoms with Gasteiger partial charge in [-0.25, -0.2) is 9.37 Å². The second-order valence-electron chi connectivity index (χ2n) is 4.35. The Labute approximate surface area is 123 Å². The van der Waals surface area contributed by atoms with E-state index in [4.69, 9.17) is 16.3 Å². The zero-order valence-electron chi connectivity index (χ0n) is 10.8. The fourth-order valence-corrected chi connectivity index (χ4v) is 2.01. The third-order valence-electron chi connectivity index (χ3n) is 2.63. The van der Waals surface area contributed by atoms with E-state index in [2.05, 4.69) is 4.98 Å². The van der Waals surface area contributed by atoms with Crippen LogP contribution in [0.4, 0.5) is 17.6 Å². The number of aromatic nitrogens is 1. The first kappa shape index (κ1) is 15.6. The molecule has 0 amide bonds. The molecule has 1 heterocycles. The van der Waals surface area contributed by atoms with Crippen molar-refractivity contribution >= 4 is 11.6 Å². The van der Waals surface area contributed by atoms with E-state index < -0.39 is 18.6 Å². The highest BCUT2D eigenvalue weighted by Gasteiger charge is 2.29. The van der Waals surface area contributed by atoms with Crippen LogP contribution in [-0.2, 0) is 0 Å². The van der Waals surface area contributed by atoms with E-state index in [1.165, 1.54) is 30.3 Å². The number of ether oxygens (including phenoxy) is 1. The minimum atomic E-state index is -4.47. The molecule has 7 heteroatoms. The third-order valence-corrected chi connectivity index (χ3v) is 2.82. The van der Waals surface area contributed by atoms with Gasteiger partial charge in [-0.15, -0.1) is 0 Å². The van der Waals surface area contributed by atoms with Crippen molar-refractivity contribution in [3.63, 3.8) is 0 Å². The lowest BCUT2D eigenvalue weighted by atomic mass is 10.1. The summed E-state index contributed by atoms with van der Waals surface area (Å²) in [5.41, 5.74) is 0.974. The van der Waals surface area contributed by atoms with Gasteiger partial charge in [-0.3, -0.25) is 0 Å². The minimum Gasteiger partial charge on any atom is -0.482 e. The van der Waals surface area contributed by atoms with E-state index >= 15 is 0 Å². The van der Waals surface area contributed by atoms with Gasteiger partial charge < -0.3 is 4.74 Å². The van der Waals surface area contributed by atoms with Crippen LogP contribution in [0, 0.1) is 12.7 Å². The highest BCUT2D eigenvalue weighted by atomic mass is 35.5. The Morgan fingerprint density at radius 3 is 2.38 bits per heavy atom. The standard InChI is InChI=1S/C14H10ClF4NO/c1-8-6-11(15)20-12(9-2-4-10(16)5-3-9)13(8)21-7-14(17,18)19/h2-6H,7H2,1H3. The van der Waals surface area contributed by atoms with Crippen molar-refractivity contribution < 1.29 is 22.3 Å². The van der Waals surface area contributed by atoms with Gasteiger partial charge in [-0.05, 0) is 42.8 Å². The van der Waals surface area contributed by atoms with Gasteiger partial charge in [0.2, 0.25) is 0 Å². The van der Waals surface area contributed by atoms with Crippen LogP contribution in [0.3, 0.4) is 0 Å². The Morgan fingerprint density at radius 2 is 1.81 bits per heavy atom. The Kier molecular flexibility index (Phi) is 4.37. The maximum Gasteiger partial charge on any atom is 0.422 e. The molecular formula is C14H10ClF4NO. The summed E-state index contributed by atoms with van der Waals surface area (Å²) in [4.78, 5) is 3.99. The van der Waals surface area contributed by atoms with E-state index in [1.54, 1.807) is 6.92 Å². The van der Waals surface area contributed by atoms with Gasteiger partial charge >= 0.3 is 6.18 Å². The molecule has 2 aromatic rings. The smallest absolute Gasteiger partial charge is 0.422 e. The summed E-state index contributed by atoms with van der Waals surface area (Å²) in [6.45, 7) is 0.123.